The molecule has 0 heterocycles. The van der Waals surface area contributed by atoms with Crippen molar-refractivity contribution in [3.05, 3.63) is 29.8 Å². The number of anilines is 1. The summed E-state index contributed by atoms with van der Waals surface area (Å²) >= 11 is 0. The van der Waals surface area contributed by atoms with Gasteiger partial charge >= 0.3 is 0 Å². The van der Waals surface area contributed by atoms with Crippen LogP contribution in [0.3, 0.4) is 0 Å². The first-order chi connectivity index (χ1) is 8.21. The molecule has 0 aliphatic heterocycles. The first kappa shape index (κ1) is 13.2. The van der Waals surface area contributed by atoms with Gasteiger partial charge in [0.2, 0.25) is 5.91 Å². The Balaban J connectivity index is 2.63. The fourth-order valence-electron chi connectivity index (χ4n) is 1.54. The summed E-state index contributed by atoms with van der Waals surface area (Å²) < 4.78 is 0. The molecule has 0 fully saturated rings. The van der Waals surface area contributed by atoms with Gasteiger partial charge in [-0.2, -0.15) is 5.26 Å². The molecular formula is C13H17N3O. The van der Waals surface area contributed by atoms with Gasteiger partial charge in [0, 0.05) is 12.2 Å². The number of nitriles is 1. The van der Waals surface area contributed by atoms with Crippen LogP contribution in [0.2, 0.25) is 0 Å². The van der Waals surface area contributed by atoms with Crippen LogP contribution in [0.15, 0.2) is 24.3 Å². The molecule has 1 rings (SSSR count). The molecule has 2 N–H and O–H groups in total. The number of benzene rings is 1. The van der Waals surface area contributed by atoms with Crippen molar-refractivity contribution in [2.45, 2.75) is 13.3 Å². The van der Waals surface area contributed by atoms with Gasteiger partial charge in [-0.3, -0.25) is 4.79 Å². The third-order valence-corrected chi connectivity index (χ3v) is 2.60. The highest BCUT2D eigenvalue weighted by Gasteiger charge is 2.15. The molecule has 0 aliphatic carbocycles. The topological polar surface area (TPSA) is 64.9 Å². The second kappa shape index (κ2) is 6.66. The minimum absolute atomic E-state index is 0.00607. The van der Waals surface area contributed by atoms with E-state index in [1.807, 2.05) is 20.0 Å². The predicted octanol–water partition coefficient (Wildman–Crippen LogP) is 1.74. The number of carbonyl (C=O) groups is 1. The van der Waals surface area contributed by atoms with Crippen molar-refractivity contribution < 1.29 is 4.79 Å². The van der Waals surface area contributed by atoms with Crippen molar-refractivity contribution in [3.63, 3.8) is 0 Å². The molecule has 90 valence electrons. The Morgan fingerprint density at radius 3 is 2.53 bits per heavy atom. The molecule has 0 aliphatic rings. The zero-order valence-electron chi connectivity index (χ0n) is 10.2. The fourth-order valence-corrected chi connectivity index (χ4v) is 1.54. The highest BCUT2D eigenvalue weighted by molar-refractivity contribution is 5.92. The molecule has 0 aromatic heterocycles. The van der Waals surface area contributed by atoms with Gasteiger partial charge in [0.25, 0.3) is 0 Å². The van der Waals surface area contributed by atoms with E-state index in [-0.39, 0.29) is 11.8 Å². The van der Waals surface area contributed by atoms with Gasteiger partial charge in [-0.15, -0.1) is 0 Å². The number of hydrogen-bond acceptors (Lipinski definition) is 3. The average Bonchev–Trinajstić information content (AvgIpc) is 2.36. The SMILES string of the molecule is CCC(CNC)C(=O)Nc1ccc(C#N)cc1. The number of amides is 1. The Bertz CT molecular complexity index is 406. The Morgan fingerprint density at radius 2 is 2.06 bits per heavy atom. The molecule has 1 atom stereocenters. The van der Waals surface area contributed by atoms with Gasteiger partial charge in [0.1, 0.15) is 0 Å². The second-order valence-electron chi connectivity index (χ2n) is 3.84. The molecule has 17 heavy (non-hydrogen) atoms. The minimum atomic E-state index is -0.0318. The number of nitrogens with zero attached hydrogens (tertiary/aromatic N) is 1. The second-order valence-corrected chi connectivity index (χ2v) is 3.84. The summed E-state index contributed by atoms with van der Waals surface area (Å²) in [5, 5.41) is 14.5. The molecule has 4 heteroatoms. The maximum Gasteiger partial charge on any atom is 0.228 e. The molecule has 0 bridgehead atoms. The van der Waals surface area contributed by atoms with Crippen molar-refractivity contribution in [2.24, 2.45) is 5.92 Å². The summed E-state index contributed by atoms with van der Waals surface area (Å²) in [6.07, 6.45) is 0.795. The van der Waals surface area contributed by atoms with Gasteiger partial charge in [0.05, 0.1) is 17.6 Å². The number of hydrogen-bond donors (Lipinski definition) is 2. The van der Waals surface area contributed by atoms with Gasteiger partial charge in [-0.05, 0) is 37.7 Å². The monoisotopic (exact) mass is 231 g/mol. The zero-order chi connectivity index (χ0) is 12.7. The summed E-state index contributed by atoms with van der Waals surface area (Å²) in [4.78, 5) is 11.9. The van der Waals surface area contributed by atoms with E-state index in [1.165, 1.54) is 0 Å². The molecule has 1 amide bonds. The molecule has 0 radical (unpaired) electrons. The van der Waals surface area contributed by atoms with E-state index >= 15 is 0 Å². The zero-order valence-corrected chi connectivity index (χ0v) is 10.2. The Labute approximate surface area is 102 Å². The van der Waals surface area contributed by atoms with Crippen LogP contribution in [0, 0.1) is 17.2 Å². The van der Waals surface area contributed by atoms with E-state index in [4.69, 9.17) is 5.26 Å². The van der Waals surface area contributed by atoms with E-state index in [2.05, 4.69) is 10.6 Å². The van der Waals surface area contributed by atoms with Crippen molar-refractivity contribution in [1.29, 1.82) is 5.26 Å². The Kier molecular flexibility index (Phi) is 5.18. The lowest BCUT2D eigenvalue weighted by molar-refractivity contribution is -0.119. The molecule has 1 unspecified atom stereocenters. The molecule has 0 saturated heterocycles. The van der Waals surface area contributed by atoms with Crippen molar-refractivity contribution in [2.75, 3.05) is 18.9 Å². The molecule has 0 saturated carbocycles. The van der Waals surface area contributed by atoms with Crippen molar-refractivity contribution in [1.82, 2.24) is 5.32 Å². The van der Waals surface area contributed by atoms with E-state index in [0.29, 0.717) is 12.1 Å². The van der Waals surface area contributed by atoms with Gasteiger partial charge in [-0.25, -0.2) is 0 Å². The first-order valence-electron chi connectivity index (χ1n) is 5.66. The molecule has 4 nitrogen and oxygen atoms in total. The smallest absolute Gasteiger partial charge is 0.228 e. The molecule has 1 aromatic rings. The number of rotatable bonds is 5. The van der Waals surface area contributed by atoms with Crippen molar-refractivity contribution in [3.8, 4) is 6.07 Å². The van der Waals surface area contributed by atoms with Crippen LogP contribution in [0.5, 0.6) is 0 Å². The Morgan fingerprint density at radius 1 is 1.41 bits per heavy atom. The molecule has 0 spiro atoms. The van der Waals surface area contributed by atoms with Crippen LogP contribution >= 0.6 is 0 Å². The van der Waals surface area contributed by atoms with Crippen LogP contribution in [-0.4, -0.2) is 19.5 Å². The number of nitrogens with one attached hydrogen (secondary N) is 2. The standard InChI is InChI=1S/C13H17N3O/c1-3-11(9-15-2)13(17)16-12-6-4-10(8-14)5-7-12/h4-7,11,15H,3,9H2,1-2H3,(H,16,17). The lowest BCUT2D eigenvalue weighted by atomic mass is 10.1. The van der Waals surface area contributed by atoms with Crippen LogP contribution in [0.25, 0.3) is 0 Å². The third-order valence-electron chi connectivity index (χ3n) is 2.60. The summed E-state index contributed by atoms with van der Waals surface area (Å²) in [6.45, 7) is 2.65. The highest BCUT2D eigenvalue weighted by Crippen LogP contribution is 2.11. The van der Waals surface area contributed by atoms with E-state index < -0.39 is 0 Å². The summed E-state index contributed by atoms with van der Waals surface area (Å²) in [5.74, 6) is -0.0257. The van der Waals surface area contributed by atoms with Gasteiger partial charge < -0.3 is 10.6 Å². The van der Waals surface area contributed by atoms with Crippen molar-refractivity contribution >= 4 is 11.6 Å². The molecule has 1 aromatic carbocycles. The van der Waals surface area contributed by atoms with E-state index in [9.17, 15) is 4.79 Å². The molecular weight excluding hydrogens is 214 g/mol. The summed E-state index contributed by atoms with van der Waals surface area (Å²) in [7, 11) is 1.83. The predicted molar refractivity (Wildman–Crippen MR) is 67.5 cm³/mol. The minimum Gasteiger partial charge on any atom is -0.326 e. The lowest BCUT2D eigenvalue weighted by Gasteiger charge is -2.14. The lowest BCUT2D eigenvalue weighted by Crippen LogP contribution is -2.30. The maximum absolute atomic E-state index is 11.9. The Hall–Kier alpha value is -1.86. The van der Waals surface area contributed by atoms with Gasteiger partial charge in [0.15, 0.2) is 0 Å². The largest absolute Gasteiger partial charge is 0.326 e. The highest BCUT2D eigenvalue weighted by atomic mass is 16.1. The average molecular weight is 231 g/mol. The quantitative estimate of drug-likeness (QED) is 0.811. The summed E-state index contributed by atoms with van der Waals surface area (Å²) in [5.41, 5.74) is 1.31. The maximum atomic E-state index is 11.9. The van der Waals surface area contributed by atoms with Crippen LogP contribution < -0.4 is 10.6 Å². The normalized spacial score (nSPS) is 11.6. The fraction of sp³-hybridized carbons (Fsp3) is 0.385. The van der Waals surface area contributed by atoms with Crippen LogP contribution in [0.4, 0.5) is 5.69 Å². The van der Waals surface area contributed by atoms with Crippen LogP contribution in [-0.2, 0) is 4.79 Å². The number of carbonyl (C=O) groups excluding carboxylic acids is 1. The van der Waals surface area contributed by atoms with Crippen LogP contribution in [0.1, 0.15) is 18.9 Å². The van der Waals surface area contributed by atoms with Gasteiger partial charge in [-0.1, -0.05) is 6.92 Å². The van der Waals surface area contributed by atoms with E-state index in [1.54, 1.807) is 24.3 Å². The summed E-state index contributed by atoms with van der Waals surface area (Å²) in [6, 6.07) is 8.89. The van der Waals surface area contributed by atoms with E-state index in [0.717, 1.165) is 12.1 Å². The first-order valence-corrected chi connectivity index (χ1v) is 5.66. The third kappa shape index (κ3) is 3.89.